The standard InChI is InChI=1S/C17H25BrN2O/c1-3-8-17(9-11-19-12-10-17)16(21)20-13(2)14-6-4-5-7-15(14)18/h4-7,13,19H,3,8-12H2,1-2H3,(H,20,21)/t13-/m0/s1. The van der Waals surface area contributed by atoms with Gasteiger partial charge in [-0.05, 0) is 50.9 Å². The highest BCUT2D eigenvalue weighted by Crippen LogP contribution is 2.35. The molecule has 3 nitrogen and oxygen atoms in total. The average Bonchev–Trinajstić information content (AvgIpc) is 2.48. The van der Waals surface area contributed by atoms with Gasteiger partial charge in [0.2, 0.25) is 5.91 Å². The number of nitrogens with one attached hydrogen (secondary N) is 2. The Kier molecular flexibility index (Phi) is 5.82. The number of hydrogen-bond donors (Lipinski definition) is 2. The Morgan fingerprint density at radius 2 is 2.05 bits per heavy atom. The summed E-state index contributed by atoms with van der Waals surface area (Å²) in [5, 5.41) is 6.60. The highest BCUT2D eigenvalue weighted by molar-refractivity contribution is 9.10. The van der Waals surface area contributed by atoms with Crippen LogP contribution in [0.4, 0.5) is 0 Å². The first kappa shape index (κ1) is 16.5. The lowest BCUT2D eigenvalue weighted by Crippen LogP contribution is -2.48. The van der Waals surface area contributed by atoms with Crippen LogP contribution in [0.15, 0.2) is 28.7 Å². The Hall–Kier alpha value is -0.870. The molecule has 0 radical (unpaired) electrons. The summed E-state index contributed by atoms with van der Waals surface area (Å²) in [6.07, 6.45) is 3.91. The van der Waals surface area contributed by atoms with E-state index >= 15 is 0 Å². The zero-order valence-corrected chi connectivity index (χ0v) is 14.5. The summed E-state index contributed by atoms with van der Waals surface area (Å²) in [5.74, 6) is 0.217. The fourth-order valence-electron chi connectivity index (χ4n) is 3.23. The van der Waals surface area contributed by atoms with Gasteiger partial charge in [0.05, 0.1) is 11.5 Å². The molecule has 21 heavy (non-hydrogen) atoms. The van der Waals surface area contributed by atoms with Crippen LogP contribution in [0.1, 0.15) is 51.1 Å². The summed E-state index contributed by atoms with van der Waals surface area (Å²) < 4.78 is 1.05. The zero-order chi connectivity index (χ0) is 15.3. The first-order valence-corrected chi connectivity index (χ1v) is 8.64. The van der Waals surface area contributed by atoms with Gasteiger partial charge in [-0.1, -0.05) is 47.5 Å². The van der Waals surface area contributed by atoms with Gasteiger partial charge in [-0.25, -0.2) is 0 Å². The molecule has 1 atom stereocenters. The van der Waals surface area contributed by atoms with Crippen LogP contribution in [0, 0.1) is 5.41 Å². The highest BCUT2D eigenvalue weighted by Gasteiger charge is 2.39. The molecular formula is C17H25BrN2O. The van der Waals surface area contributed by atoms with E-state index in [0.717, 1.165) is 48.8 Å². The molecule has 116 valence electrons. The van der Waals surface area contributed by atoms with E-state index in [4.69, 9.17) is 0 Å². The SMILES string of the molecule is CCCC1(C(=O)N[C@@H](C)c2ccccc2Br)CCNCC1. The number of halogens is 1. The van der Waals surface area contributed by atoms with Crippen LogP contribution in [0.2, 0.25) is 0 Å². The van der Waals surface area contributed by atoms with Gasteiger partial charge >= 0.3 is 0 Å². The molecule has 1 aliphatic rings. The summed E-state index contributed by atoms with van der Waals surface area (Å²) in [5.41, 5.74) is 0.946. The normalized spacial score (nSPS) is 19.0. The van der Waals surface area contributed by atoms with Crippen LogP contribution in [-0.2, 0) is 4.79 Å². The molecule has 1 amide bonds. The first-order valence-electron chi connectivity index (χ1n) is 7.85. The minimum atomic E-state index is -0.185. The second-order valence-electron chi connectivity index (χ2n) is 6.00. The van der Waals surface area contributed by atoms with Crippen molar-refractivity contribution in [3.05, 3.63) is 34.3 Å². The van der Waals surface area contributed by atoms with Crippen LogP contribution < -0.4 is 10.6 Å². The summed E-state index contributed by atoms with van der Waals surface area (Å²) in [6, 6.07) is 8.10. The highest BCUT2D eigenvalue weighted by atomic mass is 79.9. The molecule has 0 saturated carbocycles. The van der Waals surface area contributed by atoms with Gasteiger partial charge in [0, 0.05) is 4.47 Å². The third kappa shape index (κ3) is 3.86. The smallest absolute Gasteiger partial charge is 0.226 e. The average molecular weight is 353 g/mol. The Balaban J connectivity index is 2.10. The van der Waals surface area contributed by atoms with E-state index in [1.807, 2.05) is 18.2 Å². The lowest BCUT2D eigenvalue weighted by Gasteiger charge is -2.37. The second-order valence-corrected chi connectivity index (χ2v) is 6.85. The molecule has 0 aromatic heterocycles. The molecule has 0 aliphatic carbocycles. The molecule has 1 heterocycles. The van der Waals surface area contributed by atoms with E-state index in [-0.39, 0.29) is 17.4 Å². The van der Waals surface area contributed by atoms with Crippen molar-refractivity contribution in [2.45, 2.75) is 45.6 Å². The number of piperidine rings is 1. The Labute approximate surface area is 136 Å². The molecule has 1 fully saturated rings. The lowest BCUT2D eigenvalue weighted by molar-refractivity contribution is -0.133. The summed E-state index contributed by atoms with van der Waals surface area (Å²) >= 11 is 3.57. The molecule has 1 saturated heterocycles. The topological polar surface area (TPSA) is 41.1 Å². The zero-order valence-electron chi connectivity index (χ0n) is 12.9. The van der Waals surface area contributed by atoms with E-state index in [0.29, 0.717) is 0 Å². The summed E-state index contributed by atoms with van der Waals surface area (Å²) in [7, 11) is 0. The lowest BCUT2D eigenvalue weighted by atomic mass is 9.74. The molecule has 2 rings (SSSR count). The van der Waals surface area contributed by atoms with Gasteiger partial charge in [0.15, 0.2) is 0 Å². The Bertz CT molecular complexity index is 478. The van der Waals surface area contributed by atoms with Gasteiger partial charge in [-0.3, -0.25) is 4.79 Å². The predicted octanol–water partition coefficient (Wildman–Crippen LogP) is 3.80. The predicted molar refractivity (Wildman–Crippen MR) is 90.1 cm³/mol. The van der Waals surface area contributed by atoms with Crippen molar-refractivity contribution in [1.82, 2.24) is 10.6 Å². The van der Waals surface area contributed by atoms with Crippen molar-refractivity contribution in [3.8, 4) is 0 Å². The van der Waals surface area contributed by atoms with E-state index in [2.05, 4.69) is 46.5 Å². The summed E-state index contributed by atoms with van der Waals surface area (Å²) in [4.78, 5) is 12.9. The van der Waals surface area contributed by atoms with Crippen LogP contribution >= 0.6 is 15.9 Å². The van der Waals surface area contributed by atoms with Crippen LogP contribution in [0.5, 0.6) is 0 Å². The number of hydrogen-bond acceptors (Lipinski definition) is 2. The quantitative estimate of drug-likeness (QED) is 0.846. The molecule has 0 bridgehead atoms. The molecule has 0 unspecified atom stereocenters. The van der Waals surface area contributed by atoms with Crippen molar-refractivity contribution >= 4 is 21.8 Å². The number of carbonyl (C=O) groups is 1. The molecule has 2 N–H and O–H groups in total. The third-order valence-corrected chi connectivity index (χ3v) is 5.21. The molecule has 1 aromatic rings. The van der Waals surface area contributed by atoms with Crippen molar-refractivity contribution in [3.63, 3.8) is 0 Å². The van der Waals surface area contributed by atoms with Crippen LogP contribution in [0.25, 0.3) is 0 Å². The monoisotopic (exact) mass is 352 g/mol. The molecular weight excluding hydrogens is 328 g/mol. The van der Waals surface area contributed by atoms with Crippen molar-refractivity contribution in [2.24, 2.45) is 5.41 Å². The maximum absolute atomic E-state index is 12.9. The van der Waals surface area contributed by atoms with Gasteiger partial charge < -0.3 is 10.6 Å². The number of benzene rings is 1. The van der Waals surface area contributed by atoms with Crippen molar-refractivity contribution < 1.29 is 4.79 Å². The van der Waals surface area contributed by atoms with Crippen molar-refractivity contribution in [1.29, 1.82) is 0 Å². The molecule has 1 aromatic carbocycles. The van der Waals surface area contributed by atoms with Crippen LogP contribution in [0.3, 0.4) is 0 Å². The van der Waals surface area contributed by atoms with E-state index in [1.165, 1.54) is 0 Å². The van der Waals surface area contributed by atoms with Gasteiger partial charge in [0.25, 0.3) is 0 Å². The van der Waals surface area contributed by atoms with E-state index in [9.17, 15) is 4.79 Å². The minimum absolute atomic E-state index is 0.0247. The maximum atomic E-state index is 12.9. The maximum Gasteiger partial charge on any atom is 0.226 e. The first-order chi connectivity index (χ1) is 10.1. The second kappa shape index (κ2) is 7.41. The third-order valence-electron chi connectivity index (χ3n) is 4.49. The van der Waals surface area contributed by atoms with Crippen LogP contribution in [-0.4, -0.2) is 19.0 Å². The fraction of sp³-hybridized carbons (Fsp3) is 0.588. The number of carbonyl (C=O) groups excluding carboxylic acids is 1. The molecule has 1 aliphatic heterocycles. The van der Waals surface area contributed by atoms with E-state index < -0.39 is 0 Å². The molecule has 0 spiro atoms. The van der Waals surface area contributed by atoms with Gasteiger partial charge in [-0.2, -0.15) is 0 Å². The van der Waals surface area contributed by atoms with Crippen molar-refractivity contribution in [2.75, 3.05) is 13.1 Å². The Morgan fingerprint density at radius 1 is 1.38 bits per heavy atom. The molecule has 4 heteroatoms. The van der Waals surface area contributed by atoms with Gasteiger partial charge in [0.1, 0.15) is 0 Å². The summed E-state index contributed by atoms with van der Waals surface area (Å²) in [6.45, 7) is 6.10. The van der Waals surface area contributed by atoms with Gasteiger partial charge in [-0.15, -0.1) is 0 Å². The number of rotatable bonds is 5. The fourth-order valence-corrected chi connectivity index (χ4v) is 3.86. The Morgan fingerprint density at radius 3 is 2.67 bits per heavy atom. The largest absolute Gasteiger partial charge is 0.349 e. The minimum Gasteiger partial charge on any atom is -0.349 e. The van der Waals surface area contributed by atoms with E-state index in [1.54, 1.807) is 0 Å². The number of amides is 1.